The van der Waals surface area contributed by atoms with Crippen LogP contribution in [0.3, 0.4) is 0 Å². The van der Waals surface area contributed by atoms with Crippen molar-refractivity contribution >= 4 is 11.6 Å². The van der Waals surface area contributed by atoms with Crippen molar-refractivity contribution in [3.63, 3.8) is 0 Å². The number of carbonyl (C=O) groups is 1. The first kappa shape index (κ1) is 12.8. The summed E-state index contributed by atoms with van der Waals surface area (Å²) in [5.74, 6) is -1.87. The molecule has 0 spiro atoms. The predicted molar refractivity (Wildman–Crippen MR) is 54.4 cm³/mol. The van der Waals surface area contributed by atoms with E-state index < -0.39 is 29.6 Å². The zero-order chi connectivity index (χ0) is 13.5. The zero-order valence-corrected chi connectivity index (χ0v) is 9.04. The fourth-order valence-corrected chi connectivity index (χ4v) is 1.84. The molecule has 0 bridgehead atoms. The highest BCUT2D eigenvalue weighted by Crippen LogP contribution is 2.34. The highest BCUT2D eigenvalue weighted by Gasteiger charge is 2.36. The molecule has 7 heteroatoms. The molecule has 1 fully saturated rings. The maximum atomic E-state index is 13.1. The summed E-state index contributed by atoms with van der Waals surface area (Å²) in [5.41, 5.74) is -1.49. The summed E-state index contributed by atoms with van der Waals surface area (Å²) in [6.45, 7) is -0.0816. The van der Waals surface area contributed by atoms with Gasteiger partial charge in [-0.3, -0.25) is 4.79 Å². The van der Waals surface area contributed by atoms with Gasteiger partial charge in [0.1, 0.15) is 5.82 Å². The molecule has 1 unspecified atom stereocenters. The number of hydrogen-bond donors (Lipinski definition) is 1. The minimum atomic E-state index is -4.82. The maximum absolute atomic E-state index is 13.1. The third-order valence-corrected chi connectivity index (χ3v) is 2.67. The second kappa shape index (κ2) is 4.24. The largest absolute Gasteiger partial charge is 0.419 e. The molecule has 18 heavy (non-hydrogen) atoms. The lowest BCUT2D eigenvalue weighted by Crippen LogP contribution is -2.25. The van der Waals surface area contributed by atoms with Gasteiger partial charge in [-0.05, 0) is 18.2 Å². The molecular formula is C11H9F4NO2. The first-order chi connectivity index (χ1) is 8.29. The van der Waals surface area contributed by atoms with Crippen molar-refractivity contribution < 1.29 is 27.5 Å². The van der Waals surface area contributed by atoms with Gasteiger partial charge < -0.3 is 10.0 Å². The Morgan fingerprint density at radius 3 is 2.50 bits per heavy atom. The lowest BCUT2D eigenvalue weighted by Gasteiger charge is -2.18. The number of alkyl halides is 3. The van der Waals surface area contributed by atoms with Crippen molar-refractivity contribution in [3.8, 4) is 0 Å². The fourth-order valence-electron chi connectivity index (χ4n) is 1.84. The van der Waals surface area contributed by atoms with E-state index in [4.69, 9.17) is 0 Å². The Balaban J connectivity index is 2.39. The van der Waals surface area contributed by atoms with E-state index in [-0.39, 0.29) is 18.7 Å². The van der Waals surface area contributed by atoms with E-state index in [1.54, 1.807) is 0 Å². The van der Waals surface area contributed by atoms with Gasteiger partial charge in [-0.15, -0.1) is 0 Å². The third kappa shape index (κ3) is 2.31. The van der Waals surface area contributed by atoms with Gasteiger partial charge in [0.25, 0.3) is 0 Å². The van der Waals surface area contributed by atoms with Gasteiger partial charge in [-0.2, -0.15) is 13.2 Å². The van der Waals surface area contributed by atoms with Crippen LogP contribution < -0.4 is 4.90 Å². The Kier molecular flexibility index (Phi) is 3.02. The van der Waals surface area contributed by atoms with Crippen molar-refractivity contribution in [1.29, 1.82) is 0 Å². The topological polar surface area (TPSA) is 40.5 Å². The number of amides is 1. The van der Waals surface area contributed by atoms with Gasteiger partial charge in [0.15, 0.2) is 0 Å². The second-order valence-corrected chi connectivity index (χ2v) is 4.02. The van der Waals surface area contributed by atoms with E-state index in [0.717, 1.165) is 11.0 Å². The summed E-state index contributed by atoms with van der Waals surface area (Å²) in [6, 6.07) is 2.32. The second-order valence-electron chi connectivity index (χ2n) is 4.02. The van der Waals surface area contributed by atoms with Crippen molar-refractivity contribution in [2.75, 3.05) is 11.4 Å². The molecular weight excluding hydrogens is 254 g/mol. The monoisotopic (exact) mass is 263 g/mol. The number of halogens is 4. The van der Waals surface area contributed by atoms with Crippen molar-refractivity contribution in [1.82, 2.24) is 0 Å². The fraction of sp³-hybridized carbons (Fsp3) is 0.364. The summed E-state index contributed by atoms with van der Waals surface area (Å²) >= 11 is 0. The van der Waals surface area contributed by atoms with E-state index in [1.165, 1.54) is 0 Å². The summed E-state index contributed by atoms with van der Waals surface area (Å²) in [6.07, 6.45) is -5.86. The molecule has 1 aromatic carbocycles. The molecule has 1 atom stereocenters. The lowest BCUT2D eigenvalue weighted by molar-refractivity contribution is -0.140. The standard InChI is InChI=1S/C11H9F4NO2/c12-9-2-1-6(3-8(9)11(13,14)15)16-5-7(17)4-10(16)18/h1-3,7,17H,4-5H2. The number of benzene rings is 1. The molecule has 1 aliphatic heterocycles. The minimum absolute atomic E-state index is 0.0646. The Labute approximate surface area is 99.6 Å². The molecule has 1 aromatic rings. The molecule has 1 heterocycles. The molecule has 0 aromatic heterocycles. The Hall–Kier alpha value is -1.63. The molecule has 1 amide bonds. The molecule has 1 saturated heterocycles. The molecule has 98 valence electrons. The van der Waals surface area contributed by atoms with E-state index in [9.17, 15) is 27.5 Å². The van der Waals surface area contributed by atoms with Crippen molar-refractivity contribution in [2.45, 2.75) is 18.7 Å². The summed E-state index contributed by atoms with van der Waals surface area (Å²) in [5, 5.41) is 9.26. The normalized spacial score (nSPS) is 20.6. The number of anilines is 1. The summed E-state index contributed by atoms with van der Waals surface area (Å²) in [4.78, 5) is 12.4. The van der Waals surface area contributed by atoms with Crippen LogP contribution in [0, 0.1) is 5.82 Å². The molecule has 0 radical (unpaired) electrons. The van der Waals surface area contributed by atoms with Gasteiger partial charge >= 0.3 is 6.18 Å². The van der Waals surface area contributed by atoms with E-state index in [1.807, 2.05) is 0 Å². The van der Waals surface area contributed by atoms with E-state index >= 15 is 0 Å². The Morgan fingerprint density at radius 2 is 2.00 bits per heavy atom. The Bertz CT molecular complexity index is 486. The lowest BCUT2D eigenvalue weighted by atomic mass is 10.1. The van der Waals surface area contributed by atoms with Crippen molar-refractivity contribution in [2.24, 2.45) is 0 Å². The zero-order valence-electron chi connectivity index (χ0n) is 9.04. The van der Waals surface area contributed by atoms with Crippen LogP contribution in [0.1, 0.15) is 12.0 Å². The van der Waals surface area contributed by atoms with Crippen LogP contribution in [-0.2, 0) is 11.0 Å². The van der Waals surface area contributed by atoms with Crippen LogP contribution in [-0.4, -0.2) is 23.7 Å². The smallest absolute Gasteiger partial charge is 0.391 e. The summed E-state index contributed by atoms with van der Waals surface area (Å²) < 4.78 is 50.5. The molecule has 1 N–H and O–H groups in total. The van der Waals surface area contributed by atoms with Gasteiger partial charge in [0, 0.05) is 5.69 Å². The molecule has 2 rings (SSSR count). The molecule has 0 aliphatic carbocycles. The number of aliphatic hydroxyl groups excluding tert-OH is 1. The van der Waals surface area contributed by atoms with Crippen molar-refractivity contribution in [3.05, 3.63) is 29.6 Å². The average molecular weight is 263 g/mol. The predicted octanol–water partition coefficient (Wildman–Crippen LogP) is 1.94. The Morgan fingerprint density at radius 1 is 1.33 bits per heavy atom. The van der Waals surface area contributed by atoms with Crippen LogP contribution in [0.5, 0.6) is 0 Å². The number of aliphatic hydroxyl groups is 1. The van der Waals surface area contributed by atoms with Crippen LogP contribution in [0.15, 0.2) is 18.2 Å². The minimum Gasteiger partial charge on any atom is -0.391 e. The van der Waals surface area contributed by atoms with Gasteiger partial charge in [0.2, 0.25) is 5.91 Å². The quantitative estimate of drug-likeness (QED) is 0.787. The number of hydrogen-bond acceptors (Lipinski definition) is 2. The van der Waals surface area contributed by atoms with Crippen LogP contribution >= 0.6 is 0 Å². The number of nitrogens with zero attached hydrogens (tertiary/aromatic N) is 1. The number of rotatable bonds is 1. The molecule has 1 aliphatic rings. The van der Waals surface area contributed by atoms with Gasteiger partial charge in [-0.25, -0.2) is 4.39 Å². The first-order valence-electron chi connectivity index (χ1n) is 5.14. The highest BCUT2D eigenvalue weighted by molar-refractivity contribution is 5.96. The van der Waals surface area contributed by atoms with Gasteiger partial charge in [-0.1, -0.05) is 0 Å². The van der Waals surface area contributed by atoms with Crippen LogP contribution in [0.25, 0.3) is 0 Å². The SMILES string of the molecule is O=C1CC(O)CN1c1ccc(F)c(C(F)(F)F)c1. The summed E-state index contributed by atoms with van der Waals surface area (Å²) in [7, 11) is 0. The third-order valence-electron chi connectivity index (χ3n) is 2.67. The van der Waals surface area contributed by atoms with E-state index in [0.29, 0.717) is 12.1 Å². The van der Waals surface area contributed by atoms with Crippen LogP contribution in [0.2, 0.25) is 0 Å². The van der Waals surface area contributed by atoms with Crippen LogP contribution in [0.4, 0.5) is 23.2 Å². The number of β-amino-alcohol motifs (C(OH)–C–C–N with tert-alkyl or cyclic N) is 1. The average Bonchev–Trinajstić information content (AvgIpc) is 2.57. The first-order valence-corrected chi connectivity index (χ1v) is 5.14. The number of carbonyl (C=O) groups excluding carboxylic acids is 1. The van der Waals surface area contributed by atoms with Gasteiger partial charge in [0.05, 0.1) is 24.6 Å². The highest BCUT2D eigenvalue weighted by atomic mass is 19.4. The van der Waals surface area contributed by atoms with E-state index in [2.05, 4.69) is 0 Å². The maximum Gasteiger partial charge on any atom is 0.419 e. The molecule has 0 saturated carbocycles. The molecule has 3 nitrogen and oxygen atoms in total.